The molecular formula is C11H21N3O. The summed E-state index contributed by atoms with van der Waals surface area (Å²) in [6.07, 6.45) is 0. The molecule has 4 nitrogen and oxygen atoms in total. The van der Waals surface area contributed by atoms with Crippen molar-refractivity contribution >= 4 is 0 Å². The highest BCUT2D eigenvalue weighted by Gasteiger charge is 2.07. The molecule has 0 radical (unpaired) electrons. The molecule has 1 rings (SSSR count). The summed E-state index contributed by atoms with van der Waals surface area (Å²) in [4.78, 5) is 4.23. The zero-order chi connectivity index (χ0) is 11.3. The Hall–Kier alpha value is -0.870. The number of oxazole rings is 1. The maximum Gasteiger partial charge on any atom is 0.191 e. The van der Waals surface area contributed by atoms with E-state index in [1.807, 2.05) is 13.8 Å². The minimum absolute atomic E-state index is 0.440. The predicted molar refractivity (Wildman–Crippen MR) is 60.8 cm³/mol. The molecule has 4 heteroatoms. The van der Waals surface area contributed by atoms with Crippen molar-refractivity contribution in [3.63, 3.8) is 0 Å². The minimum atomic E-state index is 0.440. The molecule has 0 aliphatic heterocycles. The van der Waals surface area contributed by atoms with Gasteiger partial charge in [-0.05, 0) is 20.4 Å². The van der Waals surface area contributed by atoms with Crippen molar-refractivity contribution in [3.05, 3.63) is 17.3 Å². The van der Waals surface area contributed by atoms with Crippen molar-refractivity contribution in [1.82, 2.24) is 15.6 Å². The number of aryl methyl sites for hydroxylation is 2. The first-order valence-corrected chi connectivity index (χ1v) is 5.50. The summed E-state index contributed by atoms with van der Waals surface area (Å²) in [7, 11) is 0. The van der Waals surface area contributed by atoms with Gasteiger partial charge in [-0.1, -0.05) is 6.92 Å². The first kappa shape index (κ1) is 12.2. The van der Waals surface area contributed by atoms with Crippen LogP contribution in [0.4, 0.5) is 0 Å². The maximum absolute atomic E-state index is 5.48. The molecule has 0 fully saturated rings. The van der Waals surface area contributed by atoms with E-state index in [0.29, 0.717) is 6.04 Å². The molecule has 1 aromatic rings. The summed E-state index contributed by atoms with van der Waals surface area (Å²) in [5, 5.41) is 6.69. The average Bonchev–Trinajstić information content (AvgIpc) is 2.51. The van der Waals surface area contributed by atoms with Gasteiger partial charge in [0.2, 0.25) is 0 Å². The van der Waals surface area contributed by atoms with Crippen LogP contribution < -0.4 is 10.6 Å². The largest absolute Gasteiger partial charge is 0.444 e. The molecule has 0 saturated heterocycles. The Bertz CT molecular complexity index is 296. The lowest BCUT2D eigenvalue weighted by Crippen LogP contribution is -2.35. The van der Waals surface area contributed by atoms with Crippen molar-refractivity contribution in [1.29, 1.82) is 0 Å². The van der Waals surface area contributed by atoms with E-state index in [2.05, 4.69) is 29.5 Å². The van der Waals surface area contributed by atoms with E-state index in [9.17, 15) is 0 Å². The number of nitrogens with one attached hydrogen (secondary N) is 2. The van der Waals surface area contributed by atoms with Crippen LogP contribution in [0.2, 0.25) is 0 Å². The molecule has 1 heterocycles. The lowest BCUT2D eigenvalue weighted by Gasteiger charge is -2.12. The van der Waals surface area contributed by atoms with Crippen molar-refractivity contribution in [3.8, 4) is 0 Å². The molecule has 0 saturated carbocycles. The summed E-state index contributed by atoms with van der Waals surface area (Å²) in [6, 6.07) is 0.440. The Kier molecular flexibility index (Phi) is 4.78. The number of rotatable bonds is 6. The minimum Gasteiger partial charge on any atom is -0.444 e. The van der Waals surface area contributed by atoms with Gasteiger partial charge in [0.1, 0.15) is 5.76 Å². The fourth-order valence-corrected chi connectivity index (χ4v) is 1.44. The van der Waals surface area contributed by atoms with E-state index in [1.165, 1.54) is 0 Å². The van der Waals surface area contributed by atoms with Gasteiger partial charge < -0.3 is 15.1 Å². The van der Waals surface area contributed by atoms with Gasteiger partial charge in [-0.15, -0.1) is 0 Å². The van der Waals surface area contributed by atoms with Gasteiger partial charge in [0.25, 0.3) is 0 Å². The van der Waals surface area contributed by atoms with Gasteiger partial charge in [0.05, 0.1) is 12.2 Å². The summed E-state index contributed by atoms with van der Waals surface area (Å²) in [5.74, 6) is 1.68. The molecule has 1 unspecified atom stereocenters. The molecule has 0 aliphatic rings. The number of aromatic nitrogens is 1. The Morgan fingerprint density at radius 3 is 2.67 bits per heavy atom. The topological polar surface area (TPSA) is 50.1 Å². The number of likely N-dealkylation sites (N-methyl/N-ethyl adjacent to an activating group) is 1. The van der Waals surface area contributed by atoms with E-state index in [1.54, 1.807) is 0 Å². The van der Waals surface area contributed by atoms with Gasteiger partial charge in [0, 0.05) is 19.5 Å². The number of hydrogen-bond donors (Lipinski definition) is 2. The molecule has 1 atom stereocenters. The fraction of sp³-hybridized carbons (Fsp3) is 0.727. The van der Waals surface area contributed by atoms with Crippen molar-refractivity contribution in [2.75, 3.05) is 13.1 Å². The molecule has 0 bridgehead atoms. The zero-order valence-electron chi connectivity index (χ0n) is 10.1. The second-order valence-electron chi connectivity index (χ2n) is 3.83. The molecular weight excluding hydrogens is 190 g/mol. The molecule has 0 aliphatic carbocycles. The smallest absolute Gasteiger partial charge is 0.191 e. The molecule has 0 spiro atoms. The quantitative estimate of drug-likeness (QED) is 0.746. The SMILES string of the molecule is CCNCC(C)NCc1oc(C)nc1C. The van der Waals surface area contributed by atoms with E-state index in [4.69, 9.17) is 4.42 Å². The Morgan fingerprint density at radius 1 is 1.40 bits per heavy atom. The van der Waals surface area contributed by atoms with Crippen LogP contribution in [-0.2, 0) is 6.54 Å². The first-order valence-electron chi connectivity index (χ1n) is 5.50. The third kappa shape index (κ3) is 4.01. The van der Waals surface area contributed by atoms with Crippen LogP contribution in [0, 0.1) is 13.8 Å². The second kappa shape index (κ2) is 5.88. The summed E-state index contributed by atoms with van der Waals surface area (Å²) in [6.45, 7) is 10.8. The second-order valence-corrected chi connectivity index (χ2v) is 3.83. The van der Waals surface area contributed by atoms with Gasteiger partial charge in [-0.3, -0.25) is 0 Å². The fourth-order valence-electron chi connectivity index (χ4n) is 1.44. The van der Waals surface area contributed by atoms with Gasteiger partial charge in [-0.25, -0.2) is 4.98 Å². The van der Waals surface area contributed by atoms with Crippen LogP contribution in [0.25, 0.3) is 0 Å². The Labute approximate surface area is 91.5 Å². The van der Waals surface area contributed by atoms with Crippen LogP contribution in [-0.4, -0.2) is 24.1 Å². The highest BCUT2D eigenvalue weighted by atomic mass is 16.4. The van der Waals surface area contributed by atoms with Crippen LogP contribution >= 0.6 is 0 Å². The molecule has 15 heavy (non-hydrogen) atoms. The summed E-state index contributed by atoms with van der Waals surface area (Å²) < 4.78 is 5.48. The van der Waals surface area contributed by atoms with E-state index in [0.717, 1.165) is 37.0 Å². The van der Waals surface area contributed by atoms with Crippen molar-refractivity contribution in [2.45, 2.75) is 40.3 Å². The standard InChI is InChI=1S/C11H21N3O/c1-5-12-6-8(2)13-7-11-9(3)14-10(4)15-11/h8,12-13H,5-7H2,1-4H3. The third-order valence-electron chi connectivity index (χ3n) is 2.31. The first-order chi connectivity index (χ1) is 7.13. The van der Waals surface area contributed by atoms with E-state index < -0.39 is 0 Å². The van der Waals surface area contributed by atoms with E-state index in [-0.39, 0.29) is 0 Å². The van der Waals surface area contributed by atoms with Crippen LogP contribution in [0.5, 0.6) is 0 Å². The summed E-state index contributed by atoms with van der Waals surface area (Å²) >= 11 is 0. The third-order valence-corrected chi connectivity index (χ3v) is 2.31. The molecule has 2 N–H and O–H groups in total. The molecule has 1 aromatic heterocycles. The average molecular weight is 211 g/mol. The lowest BCUT2D eigenvalue weighted by molar-refractivity contribution is 0.427. The van der Waals surface area contributed by atoms with E-state index >= 15 is 0 Å². The van der Waals surface area contributed by atoms with Crippen molar-refractivity contribution in [2.24, 2.45) is 0 Å². The highest BCUT2D eigenvalue weighted by Crippen LogP contribution is 2.08. The Morgan fingerprint density at radius 2 is 2.13 bits per heavy atom. The molecule has 86 valence electrons. The number of nitrogens with zero attached hydrogens (tertiary/aromatic N) is 1. The number of hydrogen-bond acceptors (Lipinski definition) is 4. The maximum atomic E-state index is 5.48. The van der Waals surface area contributed by atoms with Crippen LogP contribution in [0.15, 0.2) is 4.42 Å². The molecule has 0 amide bonds. The lowest BCUT2D eigenvalue weighted by atomic mass is 10.3. The van der Waals surface area contributed by atoms with Crippen LogP contribution in [0.1, 0.15) is 31.2 Å². The summed E-state index contributed by atoms with van der Waals surface area (Å²) in [5.41, 5.74) is 0.982. The normalized spacial score (nSPS) is 13.1. The van der Waals surface area contributed by atoms with Gasteiger partial charge >= 0.3 is 0 Å². The van der Waals surface area contributed by atoms with Crippen molar-refractivity contribution < 1.29 is 4.42 Å². The van der Waals surface area contributed by atoms with Gasteiger partial charge in [0.15, 0.2) is 5.89 Å². The monoisotopic (exact) mass is 211 g/mol. The molecule has 0 aromatic carbocycles. The predicted octanol–water partition coefficient (Wildman–Crippen LogP) is 1.38. The van der Waals surface area contributed by atoms with Crippen LogP contribution in [0.3, 0.4) is 0 Å². The Balaban J connectivity index is 2.33. The van der Waals surface area contributed by atoms with Gasteiger partial charge in [-0.2, -0.15) is 0 Å². The highest BCUT2D eigenvalue weighted by molar-refractivity contribution is 5.06. The zero-order valence-corrected chi connectivity index (χ0v) is 10.1.